The molecule has 2 aliphatic heterocycles. The van der Waals surface area contributed by atoms with Crippen LogP contribution in [-0.2, 0) is 27.4 Å². The first-order chi connectivity index (χ1) is 17.3. The Labute approximate surface area is 213 Å². The van der Waals surface area contributed by atoms with Crippen LogP contribution >= 0.6 is 11.6 Å². The van der Waals surface area contributed by atoms with E-state index in [9.17, 15) is 19.2 Å². The van der Waals surface area contributed by atoms with Crippen molar-refractivity contribution in [3.63, 3.8) is 0 Å². The van der Waals surface area contributed by atoms with Crippen molar-refractivity contribution in [3.05, 3.63) is 57.6 Å². The predicted octanol–water partition coefficient (Wildman–Crippen LogP) is 2.76. The lowest BCUT2D eigenvalue weighted by Gasteiger charge is -2.29. The molecule has 0 aromatic heterocycles. The van der Waals surface area contributed by atoms with Crippen molar-refractivity contribution in [1.82, 2.24) is 15.5 Å². The maximum atomic E-state index is 13.0. The van der Waals surface area contributed by atoms with Crippen molar-refractivity contribution in [2.45, 2.75) is 38.9 Å². The molecular formula is C25H27ClN4O6. The van der Waals surface area contributed by atoms with Gasteiger partial charge in [-0.15, -0.1) is 0 Å². The average molecular weight is 515 g/mol. The first kappa shape index (κ1) is 25.5. The summed E-state index contributed by atoms with van der Waals surface area (Å²) in [5.41, 5.74) is 3.25. The van der Waals surface area contributed by atoms with Gasteiger partial charge in [-0.2, -0.15) is 0 Å². The second-order valence-electron chi connectivity index (χ2n) is 8.62. The summed E-state index contributed by atoms with van der Waals surface area (Å²) >= 11 is 6.28. The average Bonchev–Trinajstić information content (AvgIpc) is 3.16. The third kappa shape index (κ3) is 5.60. The minimum atomic E-state index is -0.667. The van der Waals surface area contributed by atoms with Gasteiger partial charge in [-0.25, -0.2) is 4.79 Å². The number of nitrogens with zero attached hydrogens (tertiary/aromatic N) is 1. The first-order valence-electron chi connectivity index (χ1n) is 11.5. The fraction of sp³-hybridized carbons (Fsp3) is 0.360. The van der Waals surface area contributed by atoms with E-state index in [1.165, 1.54) is 4.90 Å². The molecule has 1 saturated heterocycles. The third-order valence-electron chi connectivity index (χ3n) is 6.15. The number of methoxy groups -OCH3 is 1. The number of imide groups is 1. The van der Waals surface area contributed by atoms with E-state index in [4.69, 9.17) is 21.1 Å². The summed E-state index contributed by atoms with van der Waals surface area (Å²) in [4.78, 5) is 50.6. The second kappa shape index (κ2) is 11.0. The highest BCUT2D eigenvalue weighted by Gasteiger charge is 2.39. The molecular weight excluding hydrogens is 488 g/mol. The molecule has 2 heterocycles. The van der Waals surface area contributed by atoms with Gasteiger partial charge in [0.15, 0.2) is 0 Å². The van der Waals surface area contributed by atoms with E-state index in [0.29, 0.717) is 48.2 Å². The summed E-state index contributed by atoms with van der Waals surface area (Å²) in [5, 5.41) is 8.25. The second-order valence-corrected chi connectivity index (χ2v) is 9.03. The lowest BCUT2D eigenvalue weighted by atomic mass is 10.0. The third-order valence-corrected chi connectivity index (χ3v) is 6.54. The highest BCUT2D eigenvalue weighted by Crippen LogP contribution is 2.31. The highest BCUT2D eigenvalue weighted by molar-refractivity contribution is 6.32. The van der Waals surface area contributed by atoms with E-state index >= 15 is 0 Å². The number of urea groups is 1. The molecule has 11 heteroatoms. The lowest BCUT2D eigenvalue weighted by Crippen LogP contribution is -2.52. The van der Waals surface area contributed by atoms with Crippen LogP contribution in [-0.4, -0.2) is 55.0 Å². The van der Waals surface area contributed by atoms with Crippen molar-refractivity contribution in [1.29, 1.82) is 0 Å². The van der Waals surface area contributed by atoms with Crippen LogP contribution in [0.15, 0.2) is 30.3 Å². The molecule has 10 nitrogen and oxygen atoms in total. The Kier molecular flexibility index (Phi) is 7.76. The van der Waals surface area contributed by atoms with Gasteiger partial charge in [0.2, 0.25) is 11.8 Å². The van der Waals surface area contributed by atoms with Crippen LogP contribution in [0.25, 0.3) is 0 Å². The van der Waals surface area contributed by atoms with E-state index in [1.54, 1.807) is 25.3 Å². The van der Waals surface area contributed by atoms with Crippen molar-refractivity contribution < 1.29 is 28.7 Å². The molecule has 2 aromatic carbocycles. The fourth-order valence-electron chi connectivity index (χ4n) is 4.18. The maximum Gasteiger partial charge on any atom is 0.319 e. The summed E-state index contributed by atoms with van der Waals surface area (Å²) in [6, 6.07) is 7.57. The molecule has 5 amide bonds. The Morgan fingerprint density at radius 2 is 2.00 bits per heavy atom. The number of benzene rings is 2. The molecule has 2 aliphatic rings. The number of nitrogens with one attached hydrogen (secondary N) is 3. The molecule has 36 heavy (non-hydrogen) atoms. The number of anilines is 1. The SMILES string of the molecule is COCCOc1cc(NC(=O)NCc2ccc3c(c2)C(=O)N(C2CCC(=O)NC2=O)C3)cc(Cl)c1C. The number of piperidine rings is 1. The van der Waals surface area contributed by atoms with Crippen molar-refractivity contribution >= 4 is 41.0 Å². The number of hydrogen-bond donors (Lipinski definition) is 3. The van der Waals surface area contributed by atoms with Crippen molar-refractivity contribution in [2.24, 2.45) is 0 Å². The largest absolute Gasteiger partial charge is 0.491 e. The van der Waals surface area contributed by atoms with Gasteiger partial charge in [-0.1, -0.05) is 23.7 Å². The molecule has 190 valence electrons. The number of halogens is 1. The molecule has 2 aromatic rings. The van der Waals surface area contributed by atoms with Gasteiger partial charge in [-0.05, 0) is 36.6 Å². The van der Waals surface area contributed by atoms with E-state index in [-0.39, 0.29) is 24.8 Å². The van der Waals surface area contributed by atoms with Gasteiger partial charge in [0, 0.05) is 54.5 Å². The zero-order valence-electron chi connectivity index (χ0n) is 20.0. The van der Waals surface area contributed by atoms with Crippen molar-refractivity contribution in [3.8, 4) is 5.75 Å². The summed E-state index contributed by atoms with van der Waals surface area (Å²) in [6.07, 6.45) is 0.509. The monoisotopic (exact) mass is 514 g/mol. The summed E-state index contributed by atoms with van der Waals surface area (Å²) in [6.45, 7) is 3.08. The number of fused-ring (bicyclic) bond motifs is 1. The molecule has 0 spiro atoms. The Morgan fingerprint density at radius 3 is 2.75 bits per heavy atom. The van der Waals surface area contributed by atoms with E-state index in [1.807, 2.05) is 19.1 Å². The Balaban J connectivity index is 1.36. The Hall–Kier alpha value is -3.63. The lowest BCUT2D eigenvalue weighted by molar-refractivity contribution is -0.136. The van der Waals surface area contributed by atoms with Crippen molar-refractivity contribution in [2.75, 3.05) is 25.6 Å². The standard InChI is InChI=1S/C25H27ClN4O6/c1-14-19(26)10-17(11-21(14)36-8-7-35-2)28-25(34)27-12-15-3-4-16-13-30(24(33)18(16)9-15)20-5-6-22(31)29-23(20)32/h3-4,9-11,20H,5-8,12-13H2,1-2H3,(H2,27,28,34)(H,29,31,32). The number of rotatable bonds is 8. The van der Waals surface area contributed by atoms with Crippen LogP contribution in [0.1, 0.15) is 39.9 Å². The number of carbonyl (C=O) groups is 4. The smallest absolute Gasteiger partial charge is 0.319 e. The molecule has 0 aliphatic carbocycles. The first-order valence-corrected chi connectivity index (χ1v) is 11.9. The Morgan fingerprint density at radius 1 is 1.19 bits per heavy atom. The van der Waals surface area contributed by atoms with Crippen LogP contribution in [0.5, 0.6) is 5.75 Å². The van der Waals surface area contributed by atoms with Gasteiger partial charge in [0.05, 0.1) is 6.61 Å². The van der Waals surface area contributed by atoms with Crippen LogP contribution < -0.4 is 20.7 Å². The number of hydrogen-bond acceptors (Lipinski definition) is 6. The number of carbonyl (C=O) groups excluding carboxylic acids is 4. The minimum absolute atomic E-state index is 0.182. The summed E-state index contributed by atoms with van der Waals surface area (Å²) in [7, 11) is 1.58. The zero-order valence-corrected chi connectivity index (χ0v) is 20.7. The number of amides is 5. The fourth-order valence-corrected chi connectivity index (χ4v) is 4.39. The highest BCUT2D eigenvalue weighted by atomic mass is 35.5. The molecule has 4 rings (SSSR count). The quantitative estimate of drug-likeness (QED) is 0.367. The van der Waals surface area contributed by atoms with Crippen LogP contribution in [0.4, 0.5) is 10.5 Å². The molecule has 0 bridgehead atoms. The zero-order chi connectivity index (χ0) is 25.8. The van der Waals surface area contributed by atoms with Gasteiger partial charge < -0.3 is 25.0 Å². The van der Waals surface area contributed by atoms with Crippen LogP contribution in [0.2, 0.25) is 5.02 Å². The predicted molar refractivity (Wildman–Crippen MR) is 132 cm³/mol. The van der Waals surface area contributed by atoms with E-state index in [0.717, 1.165) is 16.7 Å². The Bertz CT molecular complexity index is 1220. The van der Waals surface area contributed by atoms with Gasteiger partial charge >= 0.3 is 6.03 Å². The van der Waals surface area contributed by atoms with E-state index < -0.39 is 18.0 Å². The normalized spacial score (nSPS) is 17.0. The molecule has 1 atom stereocenters. The molecule has 1 fully saturated rings. The molecule has 3 N–H and O–H groups in total. The number of ether oxygens (including phenoxy) is 2. The summed E-state index contributed by atoms with van der Waals surface area (Å²) < 4.78 is 10.7. The van der Waals surface area contributed by atoms with Gasteiger partial charge in [0.25, 0.3) is 5.91 Å². The van der Waals surface area contributed by atoms with Gasteiger partial charge in [-0.3, -0.25) is 19.7 Å². The van der Waals surface area contributed by atoms with Crippen LogP contribution in [0, 0.1) is 6.92 Å². The summed E-state index contributed by atoms with van der Waals surface area (Å²) in [5.74, 6) is -0.488. The van der Waals surface area contributed by atoms with E-state index in [2.05, 4.69) is 16.0 Å². The topological polar surface area (TPSA) is 126 Å². The minimum Gasteiger partial charge on any atom is -0.491 e. The molecule has 1 unspecified atom stereocenters. The van der Waals surface area contributed by atoms with Crippen LogP contribution in [0.3, 0.4) is 0 Å². The van der Waals surface area contributed by atoms with Gasteiger partial charge in [0.1, 0.15) is 18.4 Å². The molecule has 0 radical (unpaired) electrons. The molecule has 0 saturated carbocycles. The maximum absolute atomic E-state index is 13.0.